The average molecular weight is 267 g/mol. The predicted octanol–water partition coefficient (Wildman–Crippen LogP) is 0.460. The van der Waals surface area contributed by atoms with E-state index in [0.29, 0.717) is 25.3 Å². The van der Waals surface area contributed by atoms with E-state index in [0.717, 1.165) is 12.2 Å². The van der Waals surface area contributed by atoms with Crippen LogP contribution in [-0.2, 0) is 16.1 Å². The van der Waals surface area contributed by atoms with Gasteiger partial charge in [-0.3, -0.25) is 9.78 Å². The first-order chi connectivity index (χ1) is 9.17. The number of rotatable bonds is 9. The minimum absolute atomic E-state index is 0.465. The van der Waals surface area contributed by atoms with Crippen molar-refractivity contribution in [1.82, 2.24) is 10.3 Å². The lowest BCUT2D eigenvalue weighted by Crippen LogP contribution is -2.33. The predicted molar refractivity (Wildman–Crippen MR) is 71.7 cm³/mol. The lowest BCUT2D eigenvalue weighted by Gasteiger charge is -2.13. The van der Waals surface area contributed by atoms with Crippen molar-refractivity contribution in [3.63, 3.8) is 0 Å². The summed E-state index contributed by atoms with van der Waals surface area (Å²) in [6.07, 6.45) is 1.53. The third-order valence-electron chi connectivity index (χ3n) is 2.55. The summed E-state index contributed by atoms with van der Waals surface area (Å²) in [5, 5.41) is 3.19. The van der Waals surface area contributed by atoms with Gasteiger partial charge in [0.05, 0.1) is 18.5 Å². The number of carbonyl (C=O) groups is 1. The quantitative estimate of drug-likeness (QED) is 0.635. The molecule has 1 atom stereocenters. The van der Waals surface area contributed by atoms with Crippen molar-refractivity contribution in [1.29, 1.82) is 0 Å². The molecule has 6 nitrogen and oxygen atoms in total. The summed E-state index contributed by atoms with van der Waals surface area (Å²) >= 11 is 0. The molecule has 1 heterocycles. The standard InChI is InChI=1S/C13H21N3O3/c1-3-12(13(14)17)19-11-5-4-10(16-9-11)8-15-6-7-18-2/h4-5,9,12,15H,3,6-8H2,1-2H3,(H2,14,17). The second-order valence-corrected chi connectivity index (χ2v) is 4.07. The van der Waals surface area contributed by atoms with E-state index in [2.05, 4.69) is 10.3 Å². The maximum Gasteiger partial charge on any atom is 0.258 e. The molecule has 106 valence electrons. The van der Waals surface area contributed by atoms with E-state index in [1.54, 1.807) is 19.4 Å². The van der Waals surface area contributed by atoms with Crippen LogP contribution < -0.4 is 15.8 Å². The van der Waals surface area contributed by atoms with E-state index in [1.807, 2.05) is 13.0 Å². The minimum Gasteiger partial charge on any atom is -0.479 e. The fraction of sp³-hybridized carbons (Fsp3) is 0.538. The number of nitrogens with one attached hydrogen (secondary N) is 1. The number of nitrogens with zero attached hydrogens (tertiary/aromatic N) is 1. The number of pyridine rings is 1. The first-order valence-electron chi connectivity index (χ1n) is 6.28. The molecule has 0 aliphatic rings. The van der Waals surface area contributed by atoms with Crippen molar-refractivity contribution in [2.45, 2.75) is 26.0 Å². The van der Waals surface area contributed by atoms with Crippen LogP contribution in [0.15, 0.2) is 18.3 Å². The molecule has 1 rings (SSSR count). The number of ether oxygens (including phenoxy) is 2. The highest BCUT2D eigenvalue weighted by molar-refractivity contribution is 5.79. The molecule has 6 heteroatoms. The first-order valence-corrected chi connectivity index (χ1v) is 6.28. The summed E-state index contributed by atoms with van der Waals surface area (Å²) in [5.74, 6) is 0.0825. The van der Waals surface area contributed by atoms with Gasteiger partial charge in [-0.2, -0.15) is 0 Å². The number of primary amides is 1. The van der Waals surface area contributed by atoms with Crippen molar-refractivity contribution in [3.8, 4) is 5.75 Å². The molecule has 3 N–H and O–H groups in total. The van der Waals surface area contributed by atoms with Crippen LogP contribution in [0.2, 0.25) is 0 Å². The van der Waals surface area contributed by atoms with E-state index >= 15 is 0 Å². The second-order valence-electron chi connectivity index (χ2n) is 4.07. The van der Waals surface area contributed by atoms with E-state index in [-0.39, 0.29) is 0 Å². The Bertz CT molecular complexity index is 381. The van der Waals surface area contributed by atoms with Gasteiger partial charge in [-0.05, 0) is 18.6 Å². The number of methoxy groups -OCH3 is 1. The van der Waals surface area contributed by atoms with Crippen molar-refractivity contribution in [3.05, 3.63) is 24.0 Å². The van der Waals surface area contributed by atoms with Gasteiger partial charge < -0.3 is 20.5 Å². The first kappa shape index (κ1) is 15.4. The van der Waals surface area contributed by atoms with Crippen LogP contribution in [0.1, 0.15) is 19.0 Å². The number of aromatic nitrogens is 1. The fourth-order valence-corrected chi connectivity index (χ4v) is 1.48. The molecular weight excluding hydrogens is 246 g/mol. The maximum atomic E-state index is 11.1. The molecule has 0 aromatic carbocycles. The number of hydrogen-bond acceptors (Lipinski definition) is 5. The number of amides is 1. The van der Waals surface area contributed by atoms with Crippen LogP contribution in [0.25, 0.3) is 0 Å². The van der Waals surface area contributed by atoms with Gasteiger partial charge in [0.25, 0.3) is 5.91 Å². The average Bonchev–Trinajstić information content (AvgIpc) is 2.42. The molecule has 0 aliphatic heterocycles. The Morgan fingerprint density at radius 2 is 2.32 bits per heavy atom. The van der Waals surface area contributed by atoms with Crippen LogP contribution in [-0.4, -0.2) is 37.3 Å². The second kappa shape index (κ2) is 8.44. The fourth-order valence-electron chi connectivity index (χ4n) is 1.48. The smallest absolute Gasteiger partial charge is 0.258 e. The van der Waals surface area contributed by atoms with Gasteiger partial charge in [-0.25, -0.2) is 0 Å². The zero-order chi connectivity index (χ0) is 14.1. The summed E-state index contributed by atoms with van der Waals surface area (Å²) in [6.45, 7) is 3.95. The van der Waals surface area contributed by atoms with Crippen molar-refractivity contribution in [2.75, 3.05) is 20.3 Å². The van der Waals surface area contributed by atoms with Crippen molar-refractivity contribution < 1.29 is 14.3 Å². The van der Waals surface area contributed by atoms with Crippen LogP contribution in [0.4, 0.5) is 0 Å². The highest BCUT2D eigenvalue weighted by Gasteiger charge is 2.14. The monoisotopic (exact) mass is 267 g/mol. The molecule has 0 aliphatic carbocycles. The van der Waals surface area contributed by atoms with Gasteiger partial charge in [0, 0.05) is 20.2 Å². The Morgan fingerprint density at radius 1 is 1.53 bits per heavy atom. The van der Waals surface area contributed by atoms with Gasteiger partial charge in [0.2, 0.25) is 0 Å². The zero-order valence-electron chi connectivity index (χ0n) is 11.4. The Kier molecular flexibility index (Phi) is 6.84. The molecule has 0 radical (unpaired) electrons. The molecule has 0 fully saturated rings. The van der Waals surface area contributed by atoms with E-state index < -0.39 is 12.0 Å². The molecule has 1 unspecified atom stereocenters. The summed E-state index contributed by atoms with van der Waals surface area (Å²) in [4.78, 5) is 15.3. The van der Waals surface area contributed by atoms with Gasteiger partial charge in [0.1, 0.15) is 5.75 Å². The van der Waals surface area contributed by atoms with Gasteiger partial charge in [-0.1, -0.05) is 6.92 Å². The minimum atomic E-state index is -0.604. The molecule has 0 saturated heterocycles. The summed E-state index contributed by atoms with van der Waals surface area (Å²) in [5.41, 5.74) is 6.11. The van der Waals surface area contributed by atoms with Gasteiger partial charge in [0.15, 0.2) is 6.10 Å². The highest BCUT2D eigenvalue weighted by Crippen LogP contribution is 2.12. The molecule has 0 spiro atoms. The molecule has 1 aromatic rings. The van der Waals surface area contributed by atoms with Crippen LogP contribution in [0.3, 0.4) is 0 Å². The Hall–Kier alpha value is -1.66. The third-order valence-corrected chi connectivity index (χ3v) is 2.55. The molecule has 1 amide bonds. The van der Waals surface area contributed by atoms with Crippen LogP contribution in [0, 0.1) is 0 Å². The van der Waals surface area contributed by atoms with Crippen molar-refractivity contribution >= 4 is 5.91 Å². The lowest BCUT2D eigenvalue weighted by molar-refractivity contribution is -0.124. The molecule has 0 bridgehead atoms. The molecule has 0 saturated carbocycles. The largest absolute Gasteiger partial charge is 0.479 e. The maximum absolute atomic E-state index is 11.1. The Labute approximate surface area is 113 Å². The highest BCUT2D eigenvalue weighted by atomic mass is 16.5. The third kappa shape index (κ3) is 5.67. The van der Waals surface area contributed by atoms with E-state index in [1.165, 1.54) is 0 Å². The number of carbonyl (C=O) groups excluding carboxylic acids is 1. The van der Waals surface area contributed by atoms with Gasteiger partial charge in [-0.15, -0.1) is 0 Å². The number of hydrogen-bond donors (Lipinski definition) is 2. The number of nitrogens with two attached hydrogens (primary N) is 1. The van der Waals surface area contributed by atoms with Crippen LogP contribution >= 0.6 is 0 Å². The van der Waals surface area contributed by atoms with Crippen LogP contribution in [0.5, 0.6) is 5.75 Å². The SMILES string of the molecule is CCC(Oc1ccc(CNCCOC)nc1)C(N)=O. The normalized spacial score (nSPS) is 12.1. The van der Waals surface area contributed by atoms with Crippen molar-refractivity contribution in [2.24, 2.45) is 5.73 Å². The Balaban J connectivity index is 2.44. The van der Waals surface area contributed by atoms with Gasteiger partial charge >= 0.3 is 0 Å². The summed E-state index contributed by atoms with van der Waals surface area (Å²) in [6, 6.07) is 3.63. The summed E-state index contributed by atoms with van der Waals surface area (Å²) in [7, 11) is 1.66. The molecule has 1 aromatic heterocycles. The lowest BCUT2D eigenvalue weighted by atomic mass is 10.2. The Morgan fingerprint density at radius 3 is 2.84 bits per heavy atom. The van der Waals surface area contributed by atoms with E-state index in [9.17, 15) is 4.79 Å². The topological polar surface area (TPSA) is 86.5 Å². The summed E-state index contributed by atoms with van der Waals surface area (Å²) < 4.78 is 10.4. The molecule has 19 heavy (non-hydrogen) atoms. The zero-order valence-corrected chi connectivity index (χ0v) is 11.4. The van der Waals surface area contributed by atoms with E-state index in [4.69, 9.17) is 15.2 Å². The molecular formula is C13H21N3O3.